The third-order valence-corrected chi connectivity index (χ3v) is 3.78. The topological polar surface area (TPSA) is 37.8 Å². The van der Waals surface area contributed by atoms with E-state index in [0.717, 1.165) is 23.7 Å². The van der Waals surface area contributed by atoms with Crippen LogP contribution in [-0.4, -0.2) is 22.1 Å². The highest BCUT2D eigenvalue weighted by Gasteiger charge is 2.29. The van der Waals surface area contributed by atoms with Crippen molar-refractivity contribution in [1.29, 1.82) is 0 Å². The van der Waals surface area contributed by atoms with Crippen molar-refractivity contribution in [1.82, 2.24) is 15.3 Å². The Morgan fingerprint density at radius 3 is 2.37 bits per heavy atom. The maximum absolute atomic E-state index is 4.57. The van der Waals surface area contributed by atoms with Gasteiger partial charge in [0.2, 0.25) is 0 Å². The lowest BCUT2D eigenvalue weighted by atomic mass is 9.77. The fourth-order valence-corrected chi connectivity index (χ4v) is 2.65. The third-order valence-electron chi connectivity index (χ3n) is 3.78. The van der Waals surface area contributed by atoms with Gasteiger partial charge in [-0.1, -0.05) is 34.6 Å². The molecule has 3 heteroatoms. The summed E-state index contributed by atoms with van der Waals surface area (Å²) in [6.45, 7) is 10.9. The highest BCUT2D eigenvalue weighted by Crippen LogP contribution is 2.30. The largest absolute Gasteiger partial charge is 0.312 e. The lowest BCUT2D eigenvalue weighted by molar-refractivity contribution is 0.209. The molecule has 3 nitrogen and oxygen atoms in total. The Labute approximate surface area is 117 Å². The van der Waals surface area contributed by atoms with E-state index in [4.69, 9.17) is 0 Å². The molecule has 2 rings (SSSR count). The van der Waals surface area contributed by atoms with Crippen molar-refractivity contribution in [3.63, 3.8) is 0 Å². The van der Waals surface area contributed by atoms with E-state index in [0.29, 0.717) is 12.1 Å². The van der Waals surface area contributed by atoms with E-state index in [2.05, 4.69) is 49.9 Å². The van der Waals surface area contributed by atoms with Gasteiger partial charge in [-0.25, -0.2) is 0 Å². The Morgan fingerprint density at radius 2 is 1.89 bits per heavy atom. The van der Waals surface area contributed by atoms with E-state index >= 15 is 0 Å². The zero-order chi connectivity index (χ0) is 14.0. The zero-order valence-corrected chi connectivity index (χ0v) is 12.9. The monoisotopic (exact) mass is 261 g/mol. The van der Waals surface area contributed by atoms with E-state index in [9.17, 15) is 0 Å². The first-order chi connectivity index (χ1) is 8.84. The summed E-state index contributed by atoms with van der Waals surface area (Å²) in [4.78, 5) is 9.12. The van der Waals surface area contributed by atoms with Crippen LogP contribution in [0.15, 0.2) is 12.4 Å². The predicted molar refractivity (Wildman–Crippen MR) is 79.2 cm³/mol. The Morgan fingerprint density at radius 1 is 1.21 bits per heavy atom. The Bertz CT molecular complexity index is 397. The minimum atomic E-state index is 0.0915. The normalized spacial score (nSPS) is 23.5. The molecule has 1 aliphatic rings. The lowest BCUT2D eigenvalue weighted by Crippen LogP contribution is -2.45. The fourth-order valence-electron chi connectivity index (χ4n) is 2.65. The van der Waals surface area contributed by atoms with E-state index in [-0.39, 0.29) is 5.41 Å². The van der Waals surface area contributed by atoms with E-state index in [1.807, 2.05) is 12.4 Å². The molecule has 1 N–H and O–H groups in total. The van der Waals surface area contributed by atoms with Crippen LogP contribution in [0.25, 0.3) is 0 Å². The molecule has 1 heterocycles. The van der Waals surface area contributed by atoms with Crippen LogP contribution in [0.5, 0.6) is 0 Å². The van der Waals surface area contributed by atoms with Gasteiger partial charge in [-0.2, -0.15) is 0 Å². The third kappa shape index (κ3) is 4.00. The molecular weight excluding hydrogens is 234 g/mol. The number of nitrogens with one attached hydrogen (secondary N) is 1. The second kappa shape index (κ2) is 5.58. The lowest BCUT2D eigenvalue weighted by Gasteiger charge is -2.37. The van der Waals surface area contributed by atoms with Crippen molar-refractivity contribution in [2.75, 3.05) is 0 Å². The molecule has 0 bridgehead atoms. The van der Waals surface area contributed by atoms with Gasteiger partial charge in [-0.15, -0.1) is 0 Å². The Balaban J connectivity index is 1.82. The maximum atomic E-state index is 4.57. The number of aromatic nitrogens is 2. The molecule has 1 fully saturated rings. The van der Waals surface area contributed by atoms with Gasteiger partial charge in [-0.05, 0) is 25.2 Å². The van der Waals surface area contributed by atoms with Crippen molar-refractivity contribution < 1.29 is 0 Å². The van der Waals surface area contributed by atoms with Crippen LogP contribution in [0.1, 0.15) is 58.8 Å². The molecule has 0 aliphatic heterocycles. The highest BCUT2D eigenvalue weighted by molar-refractivity contribution is 5.11. The van der Waals surface area contributed by atoms with Gasteiger partial charge in [0.25, 0.3) is 0 Å². The van der Waals surface area contributed by atoms with Gasteiger partial charge in [-0.3, -0.25) is 9.97 Å². The van der Waals surface area contributed by atoms with E-state index < -0.39 is 0 Å². The summed E-state index contributed by atoms with van der Waals surface area (Å²) in [5, 5.41) is 3.59. The van der Waals surface area contributed by atoms with Crippen LogP contribution in [0.3, 0.4) is 0 Å². The van der Waals surface area contributed by atoms with Crippen molar-refractivity contribution >= 4 is 0 Å². The number of nitrogens with zero attached hydrogens (tertiary/aromatic N) is 2. The summed E-state index contributed by atoms with van der Waals surface area (Å²) >= 11 is 0. The van der Waals surface area contributed by atoms with Crippen LogP contribution < -0.4 is 5.32 Å². The van der Waals surface area contributed by atoms with Crippen molar-refractivity contribution in [3.05, 3.63) is 23.8 Å². The standard InChI is InChI=1S/C16H27N3/c1-11(2)19-13-6-12(7-13)8-14-9-18-15(10-17-14)16(3,4)5/h9-13,19H,6-8H2,1-5H3. The zero-order valence-electron chi connectivity index (χ0n) is 12.9. The molecule has 1 aromatic heterocycles. The summed E-state index contributed by atoms with van der Waals surface area (Å²) in [7, 11) is 0. The van der Waals surface area contributed by atoms with Gasteiger partial charge in [0.15, 0.2) is 0 Å². The summed E-state index contributed by atoms with van der Waals surface area (Å²) in [6.07, 6.45) is 7.54. The second-order valence-corrected chi connectivity index (χ2v) is 7.20. The van der Waals surface area contributed by atoms with Gasteiger partial charge >= 0.3 is 0 Å². The molecule has 0 aromatic carbocycles. The molecule has 106 valence electrons. The molecule has 0 unspecified atom stereocenters. The molecule has 0 spiro atoms. The molecular formula is C16H27N3. The predicted octanol–water partition coefficient (Wildman–Crippen LogP) is 3.09. The first-order valence-corrected chi connectivity index (χ1v) is 7.42. The summed E-state index contributed by atoms with van der Waals surface area (Å²) in [5.74, 6) is 0.783. The van der Waals surface area contributed by atoms with Crippen LogP contribution in [0.2, 0.25) is 0 Å². The average molecular weight is 261 g/mol. The molecule has 0 radical (unpaired) electrons. The summed E-state index contributed by atoms with van der Waals surface area (Å²) in [6, 6.07) is 1.31. The minimum absolute atomic E-state index is 0.0915. The second-order valence-electron chi connectivity index (χ2n) is 7.20. The average Bonchev–Trinajstić information content (AvgIpc) is 2.25. The summed E-state index contributed by atoms with van der Waals surface area (Å²) in [5.41, 5.74) is 2.30. The quantitative estimate of drug-likeness (QED) is 0.905. The molecule has 0 saturated heterocycles. The summed E-state index contributed by atoms with van der Waals surface area (Å²) < 4.78 is 0. The van der Waals surface area contributed by atoms with Crippen LogP contribution in [0.4, 0.5) is 0 Å². The van der Waals surface area contributed by atoms with Crippen LogP contribution in [0, 0.1) is 5.92 Å². The van der Waals surface area contributed by atoms with Gasteiger partial charge in [0, 0.05) is 29.9 Å². The van der Waals surface area contributed by atoms with Crippen molar-refractivity contribution in [3.8, 4) is 0 Å². The van der Waals surface area contributed by atoms with Crippen molar-refractivity contribution in [2.45, 2.75) is 71.4 Å². The molecule has 1 saturated carbocycles. The molecule has 0 amide bonds. The number of hydrogen-bond acceptors (Lipinski definition) is 3. The maximum Gasteiger partial charge on any atom is 0.0640 e. The Hall–Kier alpha value is -0.960. The molecule has 19 heavy (non-hydrogen) atoms. The Kier molecular flexibility index (Phi) is 4.24. The first-order valence-electron chi connectivity index (χ1n) is 7.42. The van der Waals surface area contributed by atoms with Gasteiger partial charge < -0.3 is 5.32 Å². The highest BCUT2D eigenvalue weighted by atomic mass is 15.0. The molecule has 1 aromatic rings. The number of rotatable bonds is 4. The van der Waals surface area contributed by atoms with E-state index in [1.54, 1.807) is 0 Å². The minimum Gasteiger partial charge on any atom is -0.312 e. The van der Waals surface area contributed by atoms with Crippen molar-refractivity contribution in [2.24, 2.45) is 5.92 Å². The van der Waals surface area contributed by atoms with Gasteiger partial charge in [0.1, 0.15) is 0 Å². The number of hydrogen-bond donors (Lipinski definition) is 1. The SMILES string of the molecule is CC(C)NC1CC(Cc2cnc(C(C)(C)C)cn2)C1. The van der Waals surface area contributed by atoms with E-state index in [1.165, 1.54) is 12.8 Å². The van der Waals surface area contributed by atoms with Crippen LogP contribution >= 0.6 is 0 Å². The van der Waals surface area contributed by atoms with Gasteiger partial charge in [0.05, 0.1) is 11.4 Å². The molecule has 1 aliphatic carbocycles. The first kappa shape index (κ1) is 14.4. The smallest absolute Gasteiger partial charge is 0.0640 e. The van der Waals surface area contributed by atoms with Crippen LogP contribution in [-0.2, 0) is 11.8 Å². The molecule has 0 atom stereocenters. The fraction of sp³-hybridized carbons (Fsp3) is 0.750.